The first-order valence-electron chi connectivity index (χ1n) is 10.0. The van der Waals surface area contributed by atoms with Crippen molar-refractivity contribution in [3.8, 4) is 5.75 Å². The van der Waals surface area contributed by atoms with E-state index in [9.17, 15) is 0 Å². The smallest absolute Gasteiger partial charge is 0.119 e. The summed E-state index contributed by atoms with van der Waals surface area (Å²) in [4.78, 5) is 7.21. The van der Waals surface area contributed by atoms with Crippen LogP contribution >= 0.6 is 0 Å². The molecule has 5 heteroatoms. The van der Waals surface area contributed by atoms with E-state index in [1.54, 1.807) is 7.11 Å². The van der Waals surface area contributed by atoms with Crippen molar-refractivity contribution in [3.63, 3.8) is 0 Å². The highest BCUT2D eigenvalue weighted by Gasteiger charge is 2.40. The number of benzene rings is 2. The van der Waals surface area contributed by atoms with Crippen molar-refractivity contribution in [2.75, 3.05) is 20.2 Å². The molecule has 1 aromatic heterocycles. The van der Waals surface area contributed by atoms with Crippen LogP contribution in [0.25, 0.3) is 10.9 Å². The Hall–Kier alpha value is -2.47. The molecule has 0 amide bonds. The summed E-state index contributed by atoms with van der Waals surface area (Å²) in [6.45, 7) is 3.11. The summed E-state index contributed by atoms with van der Waals surface area (Å²) in [5.41, 5.74) is 10.8. The number of hydrazine groups is 1. The predicted octanol–water partition coefficient (Wildman–Crippen LogP) is 3.28. The summed E-state index contributed by atoms with van der Waals surface area (Å²) in [5.74, 6) is 1.45. The first-order chi connectivity index (χ1) is 13.8. The number of hydrogen-bond donors (Lipinski definition) is 2. The molecule has 0 radical (unpaired) electrons. The van der Waals surface area contributed by atoms with Crippen molar-refractivity contribution >= 4 is 10.9 Å². The molecule has 5 rings (SSSR count). The van der Waals surface area contributed by atoms with Crippen LogP contribution in [0.3, 0.4) is 0 Å². The van der Waals surface area contributed by atoms with Gasteiger partial charge in [0.25, 0.3) is 0 Å². The van der Waals surface area contributed by atoms with Gasteiger partial charge < -0.3 is 4.74 Å². The number of likely N-dealkylation sites (tertiary alicyclic amines) is 1. The van der Waals surface area contributed by atoms with E-state index in [0.29, 0.717) is 18.0 Å². The molecule has 2 N–H and O–H groups in total. The van der Waals surface area contributed by atoms with E-state index < -0.39 is 0 Å². The third kappa shape index (κ3) is 3.26. The van der Waals surface area contributed by atoms with Crippen LogP contribution < -0.4 is 15.6 Å². The molecule has 2 fully saturated rings. The number of nitrogens with one attached hydrogen (secondary N) is 2. The second-order valence-electron chi connectivity index (χ2n) is 7.83. The van der Waals surface area contributed by atoms with Gasteiger partial charge in [-0.25, -0.2) is 5.43 Å². The molecule has 3 atom stereocenters. The van der Waals surface area contributed by atoms with Crippen molar-refractivity contribution < 1.29 is 4.74 Å². The van der Waals surface area contributed by atoms with Gasteiger partial charge in [-0.2, -0.15) is 0 Å². The number of aromatic nitrogens is 1. The third-order valence-electron chi connectivity index (χ3n) is 6.16. The van der Waals surface area contributed by atoms with Crippen molar-refractivity contribution in [1.82, 2.24) is 20.7 Å². The lowest BCUT2D eigenvalue weighted by Crippen LogP contribution is -2.45. The normalized spacial score (nSPS) is 25.0. The molecule has 2 saturated heterocycles. The van der Waals surface area contributed by atoms with Crippen molar-refractivity contribution in [2.45, 2.75) is 25.0 Å². The molecule has 3 aromatic rings. The van der Waals surface area contributed by atoms with Gasteiger partial charge in [0.05, 0.1) is 18.7 Å². The van der Waals surface area contributed by atoms with Crippen LogP contribution in [-0.2, 0) is 6.54 Å². The Labute approximate surface area is 165 Å². The van der Waals surface area contributed by atoms with Crippen LogP contribution in [0.5, 0.6) is 5.75 Å². The fraction of sp³-hybridized carbons (Fsp3) is 0.348. The molecular formula is C23H26N4O. The van der Waals surface area contributed by atoms with Crippen LogP contribution in [0.15, 0.2) is 60.8 Å². The van der Waals surface area contributed by atoms with E-state index >= 15 is 0 Å². The Morgan fingerprint density at radius 2 is 2.00 bits per heavy atom. The van der Waals surface area contributed by atoms with Gasteiger partial charge in [-0.1, -0.05) is 36.4 Å². The number of fused-ring (bicyclic) bond motifs is 2. The number of para-hydroxylation sites is 1. The molecule has 2 aliphatic rings. The highest BCUT2D eigenvalue weighted by molar-refractivity contribution is 5.81. The van der Waals surface area contributed by atoms with Crippen LogP contribution in [0.1, 0.15) is 23.6 Å². The maximum absolute atomic E-state index is 5.43. The zero-order chi connectivity index (χ0) is 18.9. The molecular weight excluding hydrogens is 348 g/mol. The van der Waals surface area contributed by atoms with E-state index in [1.165, 1.54) is 16.5 Å². The number of rotatable bonds is 4. The van der Waals surface area contributed by atoms with Crippen molar-refractivity contribution in [1.29, 1.82) is 0 Å². The molecule has 0 spiro atoms. The Kier molecular flexibility index (Phi) is 4.72. The standard InChI is InChI=1S/C23H26N4O/c1-28-19-9-3-6-17(13-19)23-20-15-27(12-10-21(20)25-26-23)14-18-7-2-5-16-8-4-11-24-22(16)18/h2-9,11,13,20-21,23,25-26H,10,12,14-15H2,1H3. The number of nitrogens with zero attached hydrogens (tertiary/aromatic N) is 2. The highest BCUT2D eigenvalue weighted by Crippen LogP contribution is 2.35. The first-order valence-corrected chi connectivity index (χ1v) is 10.0. The Morgan fingerprint density at radius 3 is 2.93 bits per heavy atom. The van der Waals surface area contributed by atoms with E-state index in [1.807, 2.05) is 18.3 Å². The second-order valence-corrected chi connectivity index (χ2v) is 7.83. The average Bonchev–Trinajstić information content (AvgIpc) is 3.17. The second kappa shape index (κ2) is 7.51. The van der Waals surface area contributed by atoms with Crippen molar-refractivity contribution in [3.05, 3.63) is 71.9 Å². The lowest BCUT2D eigenvalue weighted by atomic mass is 9.85. The Bertz CT molecular complexity index is 970. The summed E-state index contributed by atoms with van der Waals surface area (Å²) < 4.78 is 5.43. The minimum Gasteiger partial charge on any atom is -0.497 e. The molecule has 28 heavy (non-hydrogen) atoms. The van der Waals surface area contributed by atoms with Crippen molar-refractivity contribution in [2.24, 2.45) is 5.92 Å². The quantitative estimate of drug-likeness (QED) is 0.734. The number of hydrogen-bond acceptors (Lipinski definition) is 5. The van der Waals surface area contributed by atoms with Crippen LogP contribution in [-0.4, -0.2) is 36.1 Å². The van der Waals surface area contributed by atoms with Gasteiger partial charge in [0.2, 0.25) is 0 Å². The molecule has 0 aliphatic carbocycles. The maximum atomic E-state index is 5.43. The average molecular weight is 374 g/mol. The minimum absolute atomic E-state index is 0.300. The number of ether oxygens (including phenoxy) is 1. The van der Waals surface area contributed by atoms with Gasteiger partial charge in [0, 0.05) is 43.2 Å². The van der Waals surface area contributed by atoms with E-state index in [4.69, 9.17) is 4.74 Å². The van der Waals surface area contributed by atoms with Gasteiger partial charge in [0.1, 0.15) is 5.75 Å². The summed E-state index contributed by atoms with van der Waals surface area (Å²) in [6.07, 6.45) is 3.04. The Morgan fingerprint density at radius 1 is 1.11 bits per heavy atom. The van der Waals surface area contributed by atoms with Gasteiger partial charge in [-0.3, -0.25) is 15.3 Å². The van der Waals surface area contributed by atoms with Crippen LogP contribution in [0.2, 0.25) is 0 Å². The summed E-state index contributed by atoms with van der Waals surface area (Å²) in [7, 11) is 1.73. The molecule has 3 unspecified atom stereocenters. The highest BCUT2D eigenvalue weighted by atomic mass is 16.5. The third-order valence-corrected chi connectivity index (χ3v) is 6.16. The van der Waals surface area contributed by atoms with Crippen LogP contribution in [0.4, 0.5) is 0 Å². The zero-order valence-electron chi connectivity index (χ0n) is 16.1. The lowest BCUT2D eigenvalue weighted by Gasteiger charge is -2.36. The molecule has 0 saturated carbocycles. The fourth-order valence-corrected chi connectivity index (χ4v) is 4.72. The maximum Gasteiger partial charge on any atom is 0.119 e. The van der Waals surface area contributed by atoms with Gasteiger partial charge in [-0.15, -0.1) is 0 Å². The summed E-state index contributed by atoms with van der Waals surface area (Å²) in [6, 6.07) is 19.9. The SMILES string of the molecule is COc1cccc(C2NNC3CCN(Cc4cccc5cccnc45)CC32)c1. The largest absolute Gasteiger partial charge is 0.497 e. The number of piperidine rings is 1. The fourth-order valence-electron chi connectivity index (χ4n) is 4.72. The number of methoxy groups -OCH3 is 1. The van der Waals surface area contributed by atoms with Crippen LogP contribution in [0, 0.1) is 5.92 Å². The van der Waals surface area contributed by atoms with E-state index in [2.05, 4.69) is 63.2 Å². The Balaban J connectivity index is 1.36. The van der Waals surface area contributed by atoms with E-state index in [-0.39, 0.29) is 0 Å². The first kappa shape index (κ1) is 17.6. The summed E-state index contributed by atoms with van der Waals surface area (Å²) >= 11 is 0. The zero-order valence-corrected chi connectivity index (χ0v) is 16.1. The van der Waals surface area contributed by atoms with Gasteiger partial charge >= 0.3 is 0 Å². The topological polar surface area (TPSA) is 49.4 Å². The predicted molar refractivity (Wildman–Crippen MR) is 111 cm³/mol. The number of pyridine rings is 1. The van der Waals surface area contributed by atoms with Gasteiger partial charge in [-0.05, 0) is 35.7 Å². The summed E-state index contributed by atoms with van der Waals surface area (Å²) in [5, 5.41) is 1.22. The molecule has 5 nitrogen and oxygen atoms in total. The van der Waals surface area contributed by atoms with Gasteiger partial charge in [0.15, 0.2) is 0 Å². The molecule has 0 bridgehead atoms. The molecule has 3 heterocycles. The van der Waals surface area contributed by atoms with E-state index in [0.717, 1.165) is 37.3 Å². The molecule has 2 aliphatic heterocycles. The minimum atomic E-state index is 0.300. The molecule has 144 valence electrons. The molecule has 2 aromatic carbocycles. The lowest BCUT2D eigenvalue weighted by molar-refractivity contribution is 0.148. The monoisotopic (exact) mass is 374 g/mol.